The maximum Gasteiger partial charge on any atom is 0.251 e. The summed E-state index contributed by atoms with van der Waals surface area (Å²) in [6, 6.07) is 7.23. The van der Waals surface area contributed by atoms with Gasteiger partial charge in [0.05, 0.1) is 12.7 Å². The number of hydrogen-bond acceptors (Lipinski definition) is 3. The Labute approximate surface area is 126 Å². The molecule has 4 heteroatoms. The summed E-state index contributed by atoms with van der Waals surface area (Å²) in [5, 5.41) is 12.7. The average Bonchev–Trinajstić information content (AvgIpc) is 2.48. The molecule has 0 saturated heterocycles. The van der Waals surface area contributed by atoms with Crippen molar-refractivity contribution in [2.24, 2.45) is 5.41 Å². The molecule has 2 unspecified atom stereocenters. The second-order valence-corrected chi connectivity index (χ2v) is 6.33. The molecule has 1 amide bonds. The molecule has 2 N–H and O–H groups in total. The predicted octanol–water partition coefficient (Wildman–Crippen LogP) is 2.75. The molecule has 2 rings (SSSR count). The summed E-state index contributed by atoms with van der Waals surface area (Å²) in [5.74, 6) is 0.694. The molecule has 0 bridgehead atoms. The molecule has 0 spiro atoms. The van der Waals surface area contributed by atoms with Gasteiger partial charge >= 0.3 is 0 Å². The predicted molar refractivity (Wildman–Crippen MR) is 82.5 cm³/mol. The molecule has 0 radical (unpaired) electrons. The van der Waals surface area contributed by atoms with Crippen LogP contribution in [0.4, 0.5) is 0 Å². The topological polar surface area (TPSA) is 58.6 Å². The molecule has 4 nitrogen and oxygen atoms in total. The SMILES string of the molecule is CCCCOc1ccc(C(=O)NC2CC(O)C2(C)C)cc1. The Morgan fingerprint density at radius 2 is 2.05 bits per heavy atom. The maximum atomic E-state index is 12.2. The van der Waals surface area contributed by atoms with E-state index in [-0.39, 0.29) is 23.5 Å². The van der Waals surface area contributed by atoms with Gasteiger partial charge in [-0.2, -0.15) is 0 Å². The van der Waals surface area contributed by atoms with Gasteiger partial charge in [-0.1, -0.05) is 27.2 Å². The molecular weight excluding hydrogens is 266 g/mol. The molecule has 0 aliphatic heterocycles. The Morgan fingerprint density at radius 1 is 1.38 bits per heavy atom. The summed E-state index contributed by atoms with van der Waals surface area (Å²) in [7, 11) is 0. The number of benzene rings is 1. The van der Waals surface area contributed by atoms with Gasteiger partial charge in [0.15, 0.2) is 0 Å². The number of ether oxygens (including phenoxy) is 1. The summed E-state index contributed by atoms with van der Waals surface area (Å²) in [6.07, 6.45) is 2.42. The number of unbranched alkanes of at least 4 members (excludes halogenated alkanes) is 1. The second kappa shape index (κ2) is 6.48. The summed E-state index contributed by atoms with van der Waals surface area (Å²) in [6.45, 7) is 6.76. The van der Waals surface area contributed by atoms with Crippen molar-refractivity contribution in [2.75, 3.05) is 6.61 Å². The van der Waals surface area contributed by atoms with Gasteiger partial charge in [-0.25, -0.2) is 0 Å². The number of rotatable bonds is 6. The van der Waals surface area contributed by atoms with E-state index in [0.29, 0.717) is 18.6 Å². The van der Waals surface area contributed by atoms with E-state index >= 15 is 0 Å². The highest BCUT2D eigenvalue weighted by Gasteiger charge is 2.47. The molecule has 1 aromatic rings. The van der Waals surface area contributed by atoms with Gasteiger partial charge in [-0.3, -0.25) is 4.79 Å². The summed E-state index contributed by atoms with van der Waals surface area (Å²) in [5.41, 5.74) is 0.369. The zero-order valence-corrected chi connectivity index (χ0v) is 13.1. The van der Waals surface area contributed by atoms with Crippen molar-refractivity contribution in [3.05, 3.63) is 29.8 Å². The van der Waals surface area contributed by atoms with Crippen LogP contribution in [0, 0.1) is 5.41 Å². The van der Waals surface area contributed by atoms with Gasteiger partial charge in [0.1, 0.15) is 5.75 Å². The Kier molecular flexibility index (Phi) is 4.88. The highest BCUT2D eigenvalue weighted by molar-refractivity contribution is 5.94. The average molecular weight is 291 g/mol. The highest BCUT2D eigenvalue weighted by Crippen LogP contribution is 2.40. The normalized spacial score (nSPS) is 23.2. The molecular formula is C17H25NO3. The van der Waals surface area contributed by atoms with Crippen LogP contribution in [0.1, 0.15) is 50.4 Å². The molecule has 116 valence electrons. The van der Waals surface area contributed by atoms with E-state index in [1.54, 1.807) is 12.1 Å². The van der Waals surface area contributed by atoms with Crippen molar-refractivity contribution in [3.63, 3.8) is 0 Å². The number of carbonyl (C=O) groups excluding carboxylic acids is 1. The third-order valence-corrected chi connectivity index (χ3v) is 4.40. The van der Waals surface area contributed by atoms with Crippen LogP contribution in [-0.4, -0.2) is 29.8 Å². The van der Waals surface area contributed by atoms with Crippen LogP contribution in [0.2, 0.25) is 0 Å². The van der Waals surface area contributed by atoms with Crippen molar-refractivity contribution < 1.29 is 14.6 Å². The number of aliphatic hydroxyl groups is 1. The van der Waals surface area contributed by atoms with E-state index in [0.717, 1.165) is 18.6 Å². The molecule has 21 heavy (non-hydrogen) atoms. The molecule has 1 aromatic carbocycles. The molecule has 0 heterocycles. The second-order valence-electron chi connectivity index (χ2n) is 6.33. The quantitative estimate of drug-likeness (QED) is 0.792. The third kappa shape index (κ3) is 3.56. The fourth-order valence-corrected chi connectivity index (χ4v) is 2.43. The van der Waals surface area contributed by atoms with Crippen LogP contribution in [0.5, 0.6) is 5.75 Å². The Hall–Kier alpha value is -1.55. The van der Waals surface area contributed by atoms with Gasteiger partial charge in [0, 0.05) is 17.0 Å². The fraction of sp³-hybridized carbons (Fsp3) is 0.588. The Morgan fingerprint density at radius 3 is 2.57 bits per heavy atom. The van der Waals surface area contributed by atoms with Crippen LogP contribution in [0.25, 0.3) is 0 Å². The van der Waals surface area contributed by atoms with E-state index < -0.39 is 0 Å². The molecule has 1 fully saturated rings. The Bertz CT molecular complexity index is 481. The molecule has 0 aromatic heterocycles. The van der Waals surface area contributed by atoms with Gasteiger partial charge in [-0.15, -0.1) is 0 Å². The zero-order valence-electron chi connectivity index (χ0n) is 13.1. The van der Waals surface area contributed by atoms with Crippen molar-refractivity contribution in [1.29, 1.82) is 0 Å². The first kappa shape index (κ1) is 15.8. The minimum atomic E-state index is -0.336. The van der Waals surface area contributed by atoms with E-state index in [1.807, 2.05) is 26.0 Å². The van der Waals surface area contributed by atoms with Gasteiger partial charge < -0.3 is 15.2 Å². The van der Waals surface area contributed by atoms with Crippen LogP contribution < -0.4 is 10.1 Å². The highest BCUT2D eigenvalue weighted by atomic mass is 16.5. The maximum absolute atomic E-state index is 12.2. The first-order valence-corrected chi connectivity index (χ1v) is 7.67. The minimum Gasteiger partial charge on any atom is -0.494 e. The van der Waals surface area contributed by atoms with Crippen molar-refractivity contribution >= 4 is 5.91 Å². The molecule has 1 saturated carbocycles. The summed E-state index contributed by atoms with van der Waals surface area (Å²) in [4.78, 5) is 12.2. The third-order valence-electron chi connectivity index (χ3n) is 4.40. The lowest BCUT2D eigenvalue weighted by Gasteiger charge is -2.49. The van der Waals surface area contributed by atoms with Crippen molar-refractivity contribution in [3.8, 4) is 5.75 Å². The lowest BCUT2D eigenvalue weighted by molar-refractivity contribution is -0.0689. The smallest absolute Gasteiger partial charge is 0.251 e. The van der Waals surface area contributed by atoms with E-state index in [2.05, 4.69) is 12.2 Å². The van der Waals surface area contributed by atoms with E-state index in [1.165, 1.54) is 0 Å². The largest absolute Gasteiger partial charge is 0.494 e. The first-order valence-electron chi connectivity index (χ1n) is 7.67. The van der Waals surface area contributed by atoms with E-state index in [4.69, 9.17) is 4.74 Å². The summed E-state index contributed by atoms with van der Waals surface area (Å²) >= 11 is 0. The Balaban J connectivity index is 1.88. The van der Waals surface area contributed by atoms with Gasteiger partial charge in [0.25, 0.3) is 5.91 Å². The standard InChI is InChI=1S/C17H25NO3/c1-4-5-10-21-13-8-6-12(7-9-13)16(20)18-14-11-15(19)17(14,2)3/h6-9,14-15,19H,4-5,10-11H2,1-3H3,(H,18,20). The molecule has 1 aliphatic carbocycles. The lowest BCUT2D eigenvalue weighted by atomic mass is 9.64. The van der Waals surface area contributed by atoms with Crippen molar-refractivity contribution in [2.45, 2.75) is 52.2 Å². The zero-order chi connectivity index (χ0) is 15.5. The monoisotopic (exact) mass is 291 g/mol. The minimum absolute atomic E-state index is 0.0282. The fourth-order valence-electron chi connectivity index (χ4n) is 2.43. The first-order chi connectivity index (χ1) is 9.95. The molecule has 2 atom stereocenters. The van der Waals surface area contributed by atoms with Crippen molar-refractivity contribution in [1.82, 2.24) is 5.32 Å². The number of hydrogen-bond donors (Lipinski definition) is 2. The number of carbonyl (C=O) groups is 1. The van der Waals surface area contributed by atoms with Crippen LogP contribution in [0.3, 0.4) is 0 Å². The summed E-state index contributed by atoms with van der Waals surface area (Å²) < 4.78 is 5.58. The van der Waals surface area contributed by atoms with Crippen LogP contribution >= 0.6 is 0 Å². The van der Waals surface area contributed by atoms with E-state index in [9.17, 15) is 9.90 Å². The number of nitrogens with one attached hydrogen (secondary N) is 1. The van der Waals surface area contributed by atoms with Gasteiger partial charge in [0.2, 0.25) is 0 Å². The molecule has 1 aliphatic rings. The van der Waals surface area contributed by atoms with Crippen LogP contribution in [0.15, 0.2) is 24.3 Å². The van der Waals surface area contributed by atoms with Crippen LogP contribution in [-0.2, 0) is 0 Å². The number of amides is 1. The lowest BCUT2D eigenvalue weighted by Crippen LogP contribution is -2.61. The van der Waals surface area contributed by atoms with Gasteiger partial charge in [-0.05, 0) is 37.1 Å². The number of aliphatic hydroxyl groups excluding tert-OH is 1.